The molecule has 23 heavy (non-hydrogen) atoms. The third kappa shape index (κ3) is 3.37. The highest BCUT2D eigenvalue weighted by Gasteiger charge is 2.18. The van der Waals surface area contributed by atoms with Gasteiger partial charge in [0.05, 0.1) is 18.3 Å². The summed E-state index contributed by atoms with van der Waals surface area (Å²) in [6, 6.07) is 6.73. The van der Waals surface area contributed by atoms with E-state index in [0.717, 1.165) is 10.9 Å². The molecule has 5 N–H and O–H groups in total. The average molecular weight is 351 g/mol. The van der Waals surface area contributed by atoms with Gasteiger partial charge in [0.25, 0.3) is 5.91 Å². The highest BCUT2D eigenvalue weighted by atomic mass is 35.5. The van der Waals surface area contributed by atoms with Crippen LogP contribution in [-0.4, -0.2) is 27.5 Å². The molecule has 0 saturated heterocycles. The van der Waals surface area contributed by atoms with E-state index in [9.17, 15) is 4.79 Å². The quantitative estimate of drug-likeness (QED) is 0.566. The monoisotopic (exact) mass is 350 g/mol. The van der Waals surface area contributed by atoms with Crippen molar-refractivity contribution in [3.63, 3.8) is 0 Å². The molecule has 2 heterocycles. The molecule has 3 aromatic rings. The largest absolute Gasteiger partial charge is 0.389 e. The standard InChI is InChI=1S/C15H15ClN4O2S/c16-9-2-1-8-3-11(18-10(8)4-9)15(22)20-12(5-17)13-7-23-14(6-21)19-13/h1-4,7,12,18,21H,5-6,17H2,(H,20,22)/t12-/m1/s1. The zero-order valence-corrected chi connectivity index (χ0v) is 13.6. The molecule has 120 valence electrons. The predicted octanol–water partition coefficient (Wildman–Crippen LogP) is 2.20. The van der Waals surface area contributed by atoms with E-state index in [1.54, 1.807) is 23.6 Å². The summed E-state index contributed by atoms with van der Waals surface area (Å²) in [6.07, 6.45) is 0. The van der Waals surface area contributed by atoms with E-state index in [-0.39, 0.29) is 19.1 Å². The van der Waals surface area contributed by atoms with Crippen LogP contribution >= 0.6 is 22.9 Å². The SMILES string of the molecule is NC[C@@H](NC(=O)c1cc2ccc(Cl)cc2[nH]1)c1csc(CO)n1. The molecule has 0 saturated carbocycles. The minimum Gasteiger partial charge on any atom is -0.389 e. The number of aromatic amines is 1. The molecule has 2 aromatic heterocycles. The van der Waals surface area contributed by atoms with Gasteiger partial charge in [-0.1, -0.05) is 17.7 Å². The molecule has 0 aliphatic carbocycles. The van der Waals surface area contributed by atoms with Crippen LogP contribution in [0.15, 0.2) is 29.6 Å². The number of halogens is 1. The number of benzene rings is 1. The number of nitrogens with two attached hydrogens (primary N) is 1. The smallest absolute Gasteiger partial charge is 0.268 e. The Hall–Kier alpha value is -1.93. The lowest BCUT2D eigenvalue weighted by atomic mass is 10.2. The fourth-order valence-electron chi connectivity index (χ4n) is 2.27. The van der Waals surface area contributed by atoms with Gasteiger partial charge in [0, 0.05) is 27.9 Å². The van der Waals surface area contributed by atoms with Crippen LogP contribution in [0.1, 0.15) is 27.2 Å². The number of aromatic nitrogens is 2. The number of carbonyl (C=O) groups excluding carboxylic acids is 1. The molecule has 0 aliphatic rings. The van der Waals surface area contributed by atoms with Gasteiger partial charge in [-0.2, -0.15) is 0 Å². The second-order valence-corrected chi connectivity index (χ2v) is 6.38. The van der Waals surface area contributed by atoms with Crippen molar-refractivity contribution < 1.29 is 9.90 Å². The Labute approximate surface area is 141 Å². The molecular formula is C15H15ClN4O2S. The van der Waals surface area contributed by atoms with Gasteiger partial charge < -0.3 is 21.1 Å². The maximum Gasteiger partial charge on any atom is 0.268 e. The van der Waals surface area contributed by atoms with Gasteiger partial charge in [-0.15, -0.1) is 11.3 Å². The van der Waals surface area contributed by atoms with Gasteiger partial charge in [-0.25, -0.2) is 4.98 Å². The number of hydrogen-bond acceptors (Lipinski definition) is 5. The third-order valence-corrected chi connectivity index (χ3v) is 4.52. The van der Waals surface area contributed by atoms with E-state index in [1.165, 1.54) is 11.3 Å². The molecule has 0 aliphatic heterocycles. The normalized spacial score (nSPS) is 12.5. The van der Waals surface area contributed by atoms with Crippen molar-refractivity contribution in [2.75, 3.05) is 6.54 Å². The zero-order valence-electron chi connectivity index (χ0n) is 12.0. The number of fused-ring (bicyclic) bond motifs is 1. The molecule has 1 atom stereocenters. The number of thiazole rings is 1. The highest BCUT2D eigenvalue weighted by molar-refractivity contribution is 7.09. The Kier molecular flexibility index (Phi) is 4.63. The number of hydrogen-bond donors (Lipinski definition) is 4. The van der Waals surface area contributed by atoms with Crippen LogP contribution in [0, 0.1) is 0 Å². The Morgan fingerprint density at radius 2 is 2.30 bits per heavy atom. The Balaban J connectivity index is 1.80. The molecule has 0 fully saturated rings. The fourth-order valence-corrected chi connectivity index (χ4v) is 3.15. The first-order valence-corrected chi connectivity index (χ1v) is 8.21. The van der Waals surface area contributed by atoms with Gasteiger partial charge in [-0.3, -0.25) is 4.79 Å². The van der Waals surface area contributed by atoms with Crippen molar-refractivity contribution in [2.45, 2.75) is 12.6 Å². The van der Waals surface area contributed by atoms with Gasteiger partial charge in [0.1, 0.15) is 10.7 Å². The van der Waals surface area contributed by atoms with Crippen molar-refractivity contribution in [1.82, 2.24) is 15.3 Å². The number of aliphatic hydroxyl groups excluding tert-OH is 1. The minimum atomic E-state index is -0.408. The van der Waals surface area contributed by atoms with Crippen molar-refractivity contribution in [1.29, 1.82) is 0 Å². The summed E-state index contributed by atoms with van der Waals surface area (Å²) < 4.78 is 0. The first-order valence-electron chi connectivity index (χ1n) is 6.95. The van der Waals surface area contributed by atoms with Crippen molar-refractivity contribution in [3.8, 4) is 0 Å². The van der Waals surface area contributed by atoms with Gasteiger partial charge in [0.15, 0.2) is 0 Å². The van der Waals surface area contributed by atoms with Crippen LogP contribution < -0.4 is 11.1 Å². The highest BCUT2D eigenvalue weighted by Crippen LogP contribution is 2.21. The van der Waals surface area contributed by atoms with E-state index < -0.39 is 6.04 Å². The Morgan fingerprint density at radius 3 is 3.00 bits per heavy atom. The molecular weight excluding hydrogens is 336 g/mol. The van der Waals surface area contributed by atoms with Crippen molar-refractivity contribution in [3.05, 3.63) is 51.1 Å². The topological polar surface area (TPSA) is 104 Å². The lowest BCUT2D eigenvalue weighted by Gasteiger charge is -2.14. The second-order valence-electron chi connectivity index (χ2n) is 5.00. The molecule has 0 radical (unpaired) electrons. The minimum absolute atomic E-state index is 0.126. The third-order valence-electron chi connectivity index (χ3n) is 3.43. The summed E-state index contributed by atoms with van der Waals surface area (Å²) in [5, 5.41) is 15.8. The number of carbonyl (C=O) groups is 1. The van der Waals surface area contributed by atoms with Crippen LogP contribution in [-0.2, 0) is 6.61 Å². The Morgan fingerprint density at radius 1 is 1.48 bits per heavy atom. The van der Waals surface area contributed by atoms with Gasteiger partial charge in [0.2, 0.25) is 0 Å². The maximum atomic E-state index is 12.4. The van der Waals surface area contributed by atoms with Crippen LogP contribution in [0.3, 0.4) is 0 Å². The summed E-state index contributed by atoms with van der Waals surface area (Å²) in [5.74, 6) is -0.272. The number of H-pyrrole nitrogens is 1. The summed E-state index contributed by atoms with van der Waals surface area (Å²) in [6.45, 7) is 0.0884. The van der Waals surface area contributed by atoms with E-state index in [2.05, 4.69) is 15.3 Å². The van der Waals surface area contributed by atoms with Crippen LogP contribution in [0.25, 0.3) is 10.9 Å². The van der Waals surface area contributed by atoms with Gasteiger partial charge >= 0.3 is 0 Å². The molecule has 1 aromatic carbocycles. The second kappa shape index (κ2) is 6.67. The van der Waals surface area contributed by atoms with Crippen LogP contribution in [0.4, 0.5) is 0 Å². The molecule has 1 amide bonds. The molecule has 0 bridgehead atoms. The molecule has 0 unspecified atom stereocenters. The summed E-state index contributed by atoms with van der Waals surface area (Å²) in [5.41, 5.74) is 7.61. The van der Waals surface area contributed by atoms with Crippen molar-refractivity contribution >= 4 is 39.7 Å². The first-order chi connectivity index (χ1) is 11.1. The predicted molar refractivity (Wildman–Crippen MR) is 90.6 cm³/mol. The van der Waals surface area contributed by atoms with Gasteiger partial charge in [-0.05, 0) is 18.2 Å². The van der Waals surface area contributed by atoms with E-state index >= 15 is 0 Å². The van der Waals surface area contributed by atoms with Crippen LogP contribution in [0.5, 0.6) is 0 Å². The Bertz CT molecular complexity index is 845. The maximum absolute atomic E-state index is 12.4. The number of amides is 1. The molecule has 6 nitrogen and oxygen atoms in total. The summed E-state index contributed by atoms with van der Waals surface area (Å²) in [4.78, 5) is 19.7. The molecule has 8 heteroatoms. The molecule has 3 rings (SSSR count). The number of nitrogens with one attached hydrogen (secondary N) is 2. The number of nitrogens with zero attached hydrogens (tertiary/aromatic N) is 1. The van der Waals surface area contributed by atoms with Crippen LogP contribution in [0.2, 0.25) is 5.02 Å². The van der Waals surface area contributed by atoms with E-state index in [4.69, 9.17) is 22.4 Å². The van der Waals surface area contributed by atoms with E-state index in [0.29, 0.717) is 21.4 Å². The summed E-state index contributed by atoms with van der Waals surface area (Å²) in [7, 11) is 0. The van der Waals surface area contributed by atoms with Crippen molar-refractivity contribution in [2.24, 2.45) is 5.73 Å². The number of rotatable bonds is 5. The summed E-state index contributed by atoms with van der Waals surface area (Å²) >= 11 is 7.28. The molecule has 0 spiro atoms. The van der Waals surface area contributed by atoms with E-state index in [1.807, 2.05) is 6.07 Å². The zero-order chi connectivity index (χ0) is 16.4. The average Bonchev–Trinajstić information content (AvgIpc) is 3.18. The lowest BCUT2D eigenvalue weighted by Crippen LogP contribution is -2.33. The number of aliphatic hydroxyl groups is 1. The lowest BCUT2D eigenvalue weighted by molar-refractivity contribution is 0.0933. The first kappa shape index (κ1) is 15.9. The fraction of sp³-hybridized carbons (Fsp3) is 0.200.